The van der Waals surface area contributed by atoms with Gasteiger partial charge in [0.25, 0.3) is 0 Å². The summed E-state index contributed by atoms with van der Waals surface area (Å²) >= 11 is 1.52. The molecule has 6 nitrogen and oxygen atoms in total. The highest BCUT2D eigenvalue weighted by Crippen LogP contribution is 2.23. The van der Waals surface area contributed by atoms with E-state index in [1.807, 2.05) is 34.6 Å². The molecule has 1 aromatic heterocycles. The number of thiazole rings is 1. The molecule has 1 saturated heterocycles. The molecule has 0 N–H and O–H groups in total. The van der Waals surface area contributed by atoms with Crippen LogP contribution in [0.4, 0.5) is 4.79 Å². The Labute approximate surface area is 140 Å². The Bertz CT molecular complexity index is 591. The second-order valence-electron chi connectivity index (χ2n) is 6.68. The van der Waals surface area contributed by atoms with Gasteiger partial charge < -0.3 is 9.47 Å². The fourth-order valence-electron chi connectivity index (χ4n) is 2.49. The average Bonchev–Trinajstić information content (AvgIpc) is 3.00. The number of likely N-dealkylation sites (tertiary alicyclic amines) is 1. The Balaban J connectivity index is 1.95. The maximum atomic E-state index is 12.3. The molecule has 1 fully saturated rings. The first kappa shape index (κ1) is 17.7. The first-order chi connectivity index (χ1) is 10.7. The Morgan fingerprint density at radius 3 is 2.61 bits per heavy atom. The second kappa shape index (κ2) is 6.86. The standard InChI is InChI=1S/C16H24N2O4S/c1-10-13(23-11(2)17-10)9-21-14(19)12-7-6-8-18(12)15(20)22-16(3,4)5/h12H,6-9H2,1-5H3. The van der Waals surface area contributed by atoms with Crippen LogP contribution >= 0.6 is 11.3 Å². The molecular formula is C16H24N2O4S. The molecule has 1 amide bonds. The summed E-state index contributed by atoms with van der Waals surface area (Å²) in [6.07, 6.45) is 0.929. The van der Waals surface area contributed by atoms with Crippen molar-refractivity contribution in [2.45, 2.75) is 65.7 Å². The fraction of sp³-hybridized carbons (Fsp3) is 0.688. The third kappa shape index (κ3) is 4.67. The van der Waals surface area contributed by atoms with Crippen molar-refractivity contribution in [1.82, 2.24) is 9.88 Å². The molecule has 1 aliphatic rings. The van der Waals surface area contributed by atoms with E-state index in [1.54, 1.807) is 0 Å². The van der Waals surface area contributed by atoms with Crippen molar-refractivity contribution in [3.05, 3.63) is 15.6 Å². The maximum Gasteiger partial charge on any atom is 0.411 e. The van der Waals surface area contributed by atoms with Crippen molar-refractivity contribution in [3.63, 3.8) is 0 Å². The van der Waals surface area contributed by atoms with Crippen LogP contribution in [0.2, 0.25) is 0 Å². The predicted octanol–water partition coefficient (Wildman–Crippen LogP) is 3.20. The Hall–Kier alpha value is -1.63. The van der Waals surface area contributed by atoms with Gasteiger partial charge in [-0.15, -0.1) is 11.3 Å². The van der Waals surface area contributed by atoms with E-state index < -0.39 is 17.7 Å². The number of carbonyl (C=O) groups excluding carboxylic acids is 2. The third-order valence-electron chi connectivity index (χ3n) is 3.50. The Morgan fingerprint density at radius 2 is 2.04 bits per heavy atom. The summed E-state index contributed by atoms with van der Waals surface area (Å²) in [7, 11) is 0. The lowest BCUT2D eigenvalue weighted by molar-refractivity contribution is -0.150. The molecule has 7 heteroatoms. The highest BCUT2D eigenvalue weighted by Gasteiger charge is 2.37. The molecule has 2 rings (SSSR count). The van der Waals surface area contributed by atoms with Crippen molar-refractivity contribution in [3.8, 4) is 0 Å². The number of esters is 1. The summed E-state index contributed by atoms with van der Waals surface area (Å²) in [5.41, 5.74) is 0.307. The van der Waals surface area contributed by atoms with Crippen molar-refractivity contribution in [2.24, 2.45) is 0 Å². The number of aryl methyl sites for hydroxylation is 2. The number of nitrogens with zero attached hydrogens (tertiary/aromatic N) is 2. The van der Waals surface area contributed by atoms with Crippen LogP contribution in [-0.4, -0.2) is 40.1 Å². The summed E-state index contributed by atoms with van der Waals surface area (Å²) in [4.78, 5) is 31.3. The third-order valence-corrected chi connectivity index (χ3v) is 4.54. The van der Waals surface area contributed by atoms with Gasteiger partial charge in [-0.2, -0.15) is 0 Å². The average molecular weight is 340 g/mol. The van der Waals surface area contributed by atoms with Gasteiger partial charge in [0.2, 0.25) is 0 Å². The second-order valence-corrected chi connectivity index (χ2v) is 7.97. The summed E-state index contributed by atoms with van der Waals surface area (Å²) in [5, 5.41) is 0.949. The lowest BCUT2D eigenvalue weighted by Crippen LogP contribution is -2.44. The fourth-order valence-corrected chi connectivity index (χ4v) is 3.34. The minimum absolute atomic E-state index is 0.203. The first-order valence-corrected chi connectivity index (χ1v) is 8.58. The lowest BCUT2D eigenvalue weighted by atomic mass is 10.2. The van der Waals surface area contributed by atoms with E-state index in [0.29, 0.717) is 13.0 Å². The number of aromatic nitrogens is 1. The van der Waals surface area contributed by atoms with Gasteiger partial charge in [-0.1, -0.05) is 0 Å². The Morgan fingerprint density at radius 1 is 1.35 bits per heavy atom. The normalized spacial score (nSPS) is 18.1. The van der Waals surface area contributed by atoms with Crippen molar-refractivity contribution >= 4 is 23.4 Å². The van der Waals surface area contributed by atoms with E-state index >= 15 is 0 Å². The monoisotopic (exact) mass is 340 g/mol. The topological polar surface area (TPSA) is 68.7 Å². The first-order valence-electron chi connectivity index (χ1n) is 7.76. The van der Waals surface area contributed by atoms with Crippen molar-refractivity contribution < 1.29 is 19.1 Å². The van der Waals surface area contributed by atoms with Crippen LogP contribution in [0, 0.1) is 13.8 Å². The summed E-state index contributed by atoms with van der Waals surface area (Å²) in [6.45, 7) is 9.97. The van der Waals surface area contributed by atoms with Gasteiger partial charge in [-0.3, -0.25) is 4.90 Å². The van der Waals surface area contributed by atoms with Crippen LogP contribution in [0.1, 0.15) is 49.2 Å². The highest BCUT2D eigenvalue weighted by molar-refractivity contribution is 7.11. The molecular weight excluding hydrogens is 316 g/mol. The van der Waals surface area contributed by atoms with Gasteiger partial charge >= 0.3 is 12.1 Å². The molecule has 0 saturated carbocycles. The molecule has 0 aliphatic carbocycles. The van der Waals surface area contributed by atoms with Crippen LogP contribution in [0.5, 0.6) is 0 Å². The van der Waals surface area contributed by atoms with Gasteiger partial charge in [0, 0.05) is 6.54 Å². The van der Waals surface area contributed by atoms with Crippen LogP contribution in [0.25, 0.3) is 0 Å². The van der Waals surface area contributed by atoms with E-state index in [-0.39, 0.29) is 12.6 Å². The van der Waals surface area contributed by atoms with Crippen LogP contribution in [0.3, 0.4) is 0 Å². The minimum atomic E-state index is -0.578. The van der Waals surface area contributed by atoms with Crippen molar-refractivity contribution in [1.29, 1.82) is 0 Å². The molecule has 1 aliphatic heterocycles. The van der Waals surface area contributed by atoms with Crippen LogP contribution < -0.4 is 0 Å². The zero-order valence-electron chi connectivity index (χ0n) is 14.3. The van der Waals surface area contributed by atoms with Gasteiger partial charge in [0.15, 0.2) is 0 Å². The largest absolute Gasteiger partial charge is 0.458 e. The van der Waals surface area contributed by atoms with Crippen molar-refractivity contribution in [2.75, 3.05) is 6.54 Å². The number of rotatable bonds is 3. The van der Waals surface area contributed by atoms with Gasteiger partial charge in [-0.05, 0) is 47.5 Å². The van der Waals surface area contributed by atoms with Gasteiger partial charge in [0.1, 0.15) is 18.2 Å². The molecule has 0 radical (unpaired) electrons. The highest BCUT2D eigenvalue weighted by atomic mass is 32.1. The summed E-state index contributed by atoms with van der Waals surface area (Å²) in [5.74, 6) is -0.376. The smallest absolute Gasteiger partial charge is 0.411 e. The number of ether oxygens (including phenoxy) is 2. The van der Waals surface area contributed by atoms with Crippen LogP contribution in [0.15, 0.2) is 0 Å². The zero-order chi connectivity index (χ0) is 17.2. The molecule has 0 bridgehead atoms. The van der Waals surface area contributed by atoms with E-state index in [1.165, 1.54) is 16.2 Å². The predicted molar refractivity (Wildman–Crippen MR) is 87.3 cm³/mol. The van der Waals surface area contributed by atoms with E-state index in [2.05, 4.69) is 4.98 Å². The van der Waals surface area contributed by atoms with E-state index in [9.17, 15) is 9.59 Å². The Kier molecular flexibility index (Phi) is 5.29. The molecule has 128 valence electrons. The van der Waals surface area contributed by atoms with E-state index in [0.717, 1.165) is 22.0 Å². The number of carbonyl (C=O) groups is 2. The number of amides is 1. The molecule has 23 heavy (non-hydrogen) atoms. The molecule has 0 spiro atoms. The minimum Gasteiger partial charge on any atom is -0.458 e. The maximum absolute atomic E-state index is 12.3. The van der Waals surface area contributed by atoms with Gasteiger partial charge in [0.05, 0.1) is 15.6 Å². The van der Waals surface area contributed by atoms with Crippen LogP contribution in [-0.2, 0) is 20.9 Å². The van der Waals surface area contributed by atoms with E-state index in [4.69, 9.17) is 9.47 Å². The number of hydrogen-bond acceptors (Lipinski definition) is 6. The zero-order valence-corrected chi connectivity index (χ0v) is 15.2. The molecule has 0 aromatic carbocycles. The molecule has 1 atom stereocenters. The quantitative estimate of drug-likeness (QED) is 0.790. The number of hydrogen-bond donors (Lipinski definition) is 0. The summed E-state index contributed by atoms with van der Waals surface area (Å²) < 4.78 is 10.8. The lowest BCUT2D eigenvalue weighted by Gasteiger charge is -2.27. The van der Waals surface area contributed by atoms with Gasteiger partial charge in [-0.25, -0.2) is 14.6 Å². The molecule has 1 unspecified atom stereocenters. The molecule has 2 heterocycles. The molecule has 1 aromatic rings. The SMILES string of the molecule is Cc1nc(C)c(COC(=O)C2CCCN2C(=O)OC(C)(C)C)s1. The summed E-state index contributed by atoms with van der Waals surface area (Å²) in [6, 6.07) is -0.556.